The summed E-state index contributed by atoms with van der Waals surface area (Å²) in [7, 11) is 3.58. The molecule has 2 N–H and O–H groups in total. The number of nitrogen functional groups attached to an aromatic ring is 1. The van der Waals surface area contributed by atoms with Gasteiger partial charge in [0, 0.05) is 43.0 Å². The molecule has 2 aromatic rings. The third-order valence-corrected chi connectivity index (χ3v) is 2.85. The van der Waals surface area contributed by atoms with Crippen molar-refractivity contribution < 1.29 is 4.92 Å². The summed E-state index contributed by atoms with van der Waals surface area (Å²) in [6.45, 7) is 0. The number of rotatable bonds is 4. The Bertz CT molecular complexity index is 681. The molecule has 0 heterocycles. The summed E-state index contributed by atoms with van der Waals surface area (Å²) >= 11 is 0. The van der Waals surface area contributed by atoms with Gasteiger partial charge in [0.05, 0.1) is 10.6 Å². The lowest BCUT2D eigenvalue weighted by Gasteiger charge is -2.13. The van der Waals surface area contributed by atoms with Crippen molar-refractivity contribution in [1.29, 1.82) is 0 Å². The van der Waals surface area contributed by atoms with E-state index >= 15 is 0 Å². The standard InChI is InChI=1S/C15H16N4O2/c1-18(2)17-15(11-6-4-3-5-7-11)13-10-12(19(20)21)8-9-14(13)16/h3-10H,16H2,1-2H3/b17-15+. The Labute approximate surface area is 122 Å². The van der Waals surface area contributed by atoms with Gasteiger partial charge in [-0.05, 0) is 6.07 Å². The SMILES string of the molecule is CN(C)/N=C(\c1ccccc1)c1cc([N+](=O)[O-])ccc1N. The van der Waals surface area contributed by atoms with Crippen molar-refractivity contribution in [1.82, 2.24) is 5.01 Å². The highest BCUT2D eigenvalue weighted by Gasteiger charge is 2.15. The number of nitro benzene ring substituents is 1. The zero-order valence-electron chi connectivity index (χ0n) is 11.9. The highest BCUT2D eigenvalue weighted by molar-refractivity contribution is 6.15. The molecule has 0 aromatic heterocycles. The van der Waals surface area contributed by atoms with Crippen LogP contribution >= 0.6 is 0 Å². The van der Waals surface area contributed by atoms with Crippen LogP contribution in [0.1, 0.15) is 11.1 Å². The average molecular weight is 284 g/mol. The molecule has 2 aromatic carbocycles. The molecule has 0 atom stereocenters. The molecule has 6 nitrogen and oxygen atoms in total. The van der Waals surface area contributed by atoms with Gasteiger partial charge in [0.1, 0.15) is 0 Å². The van der Waals surface area contributed by atoms with Crippen LogP contribution in [-0.2, 0) is 0 Å². The number of nitrogens with zero attached hydrogens (tertiary/aromatic N) is 3. The van der Waals surface area contributed by atoms with Crippen molar-refractivity contribution in [2.75, 3.05) is 19.8 Å². The van der Waals surface area contributed by atoms with E-state index < -0.39 is 4.92 Å². The van der Waals surface area contributed by atoms with Crippen LogP contribution in [0.15, 0.2) is 53.6 Å². The number of hydrogen-bond donors (Lipinski definition) is 1. The van der Waals surface area contributed by atoms with Gasteiger partial charge in [0.25, 0.3) is 5.69 Å². The number of hydrazone groups is 1. The van der Waals surface area contributed by atoms with Crippen LogP contribution < -0.4 is 5.73 Å². The summed E-state index contributed by atoms with van der Waals surface area (Å²) in [4.78, 5) is 10.5. The number of anilines is 1. The van der Waals surface area contributed by atoms with E-state index in [2.05, 4.69) is 5.10 Å². The van der Waals surface area contributed by atoms with Gasteiger partial charge in [0.15, 0.2) is 0 Å². The minimum absolute atomic E-state index is 0.0124. The molecule has 0 aliphatic heterocycles. The molecular weight excluding hydrogens is 268 g/mol. The Balaban J connectivity index is 2.63. The smallest absolute Gasteiger partial charge is 0.270 e. The second-order valence-electron chi connectivity index (χ2n) is 4.69. The van der Waals surface area contributed by atoms with Crippen LogP contribution in [-0.4, -0.2) is 29.7 Å². The quantitative estimate of drug-likeness (QED) is 0.404. The highest BCUT2D eigenvalue weighted by atomic mass is 16.6. The summed E-state index contributed by atoms with van der Waals surface area (Å²) in [6.07, 6.45) is 0. The third-order valence-electron chi connectivity index (χ3n) is 2.85. The molecule has 21 heavy (non-hydrogen) atoms. The second-order valence-corrected chi connectivity index (χ2v) is 4.69. The van der Waals surface area contributed by atoms with Crippen LogP contribution in [0.5, 0.6) is 0 Å². The fourth-order valence-corrected chi connectivity index (χ4v) is 1.93. The van der Waals surface area contributed by atoms with E-state index in [0.717, 1.165) is 5.56 Å². The number of benzene rings is 2. The number of nitro groups is 1. The van der Waals surface area contributed by atoms with Gasteiger partial charge in [-0.25, -0.2) is 0 Å². The Morgan fingerprint density at radius 2 is 1.86 bits per heavy atom. The first-order valence-electron chi connectivity index (χ1n) is 6.34. The summed E-state index contributed by atoms with van der Waals surface area (Å²) in [5.41, 5.74) is 8.41. The minimum Gasteiger partial charge on any atom is -0.398 e. The zero-order valence-corrected chi connectivity index (χ0v) is 11.9. The highest BCUT2D eigenvalue weighted by Crippen LogP contribution is 2.23. The van der Waals surface area contributed by atoms with Gasteiger partial charge in [-0.3, -0.25) is 10.1 Å². The lowest BCUT2D eigenvalue weighted by atomic mass is 10.0. The molecular formula is C15H16N4O2. The maximum atomic E-state index is 11.0. The maximum Gasteiger partial charge on any atom is 0.270 e. The minimum atomic E-state index is -0.443. The van der Waals surface area contributed by atoms with Crippen molar-refractivity contribution in [2.24, 2.45) is 5.10 Å². The predicted octanol–water partition coefficient (Wildman–Crippen LogP) is 2.49. The Morgan fingerprint density at radius 3 is 2.43 bits per heavy atom. The molecule has 0 spiro atoms. The first-order chi connectivity index (χ1) is 9.99. The van der Waals surface area contributed by atoms with E-state index in [9.17, 15) is 10.1 Å². The van der Waals surface area contributed by atoms with Gasteiger partial charge in [-0.15, -0.1) is 0 Å². The molecule has 0 saturated heterocycles. The Morgan fingerprint density at radius 1 is 1.19 bits per heavy atom. The molecule has 2 rings (SSSR count). The van der Waals surface area contributed by atoms with Crippen molar-refractivity contribution in [2.45, 2.75) is 0 Å². The van der Waals surface area contributed by atoms with Crippen LogP contribution in [0.2, 0.25) is 0 Å². The summed E-state index contributed by atoms with van der Waals surface area (Å²) in [6, 6.07) is 13.8. The third kappa shape index (κ3) is 3.36. The van der Waals surface area contributed by atoms with E-state index in [1.54, 1.807) is 19.1 Å². The Kier molecular flexibility index (Phi) is 4.18. The molecule has 108 valence electrons. The number of nitrogens with two attached hydrogens (primary N) is 1. The van der Waals surface area contributed by atoms with Crippen molar-refractivity contribution >= 4 is 17.1 Å². The van der Waals surface area contributed by atoms with Crippen molar-refractivity contribution in [3.05, 3.63) is 69.8 Å². The van der Waals surface area contributed by atoms with Crippen LogP contribution in [0, 0.1) is 10.1 Å². The largest absolute Gasteiger partial charge is 0.398 e. The van der Waals surface area contributed by atoms with Crippen molar-refractivity contribution in [3.63, 3.8) is 0 Å². The second kappa shape index (κ2) is 6.04. The van der Waals surface area contributed by atoms with E-state index in [0.29, 0.717) is 17.0 Å². The van der Waals surface area contributed by atoms with Gasteiger partial charge >= 0.3 is 0 Å². The Hall–Kier alpha value is -2.89. The zero-order chi connectivity index (χ0) is 15.4. The van der Waals surface area contributed by atoms with Gasteiger partial charge in [-0.1, -0.05) is 30.3 Å². The van der Waals surface area contributed by atoms with E-state index in [4.69, 9.17) is 5.73 Å². The normalized spacial score (nSPS) is 11.2. The molecule has 0 radical (unpaired) electrons. The molecule has 0 saturated carbocycles. The summed E-state index contributed by atoms with van der Waals surface area (Å²) in [5.74, 6) is 0. The topological polar surface area (TPSA) is 84.8 Å². The molecule has 0 aliphatic carbocycles. The molecule has 6 heteroatoms. The molecule has 0 unspecified atom stereocenters. The molecule has 0 aliphatic rings. The summed E-state index contributed by atoms with van der Waals surface area (Å²) < 4.78 is 0. The predicted molar refractivity (Wildman–Crippen MR) is 83.3 cm³/mol. The van der Waals surface area contributed by atoms with E-state index in [1.807, 2.05) is 30.3 Å². The number of hydrogen-bond acceptors (Lipinski definition) is 5. The van der Waals surface area contributed by atoms with E-state index in [1.165, 1.54) is 18.2 Å². The molecule has 0 amide bonds. The monoisotopic (exact) mass is 284 g/mol. The fourth-order valence-electron chi connectivity index (χ4n) is 1.93. The lowest BCUT2D eigenvalue weighted by Crippen LogP contribution is -2.13. The average Bonchev–Trinajstić information content (AvgIpc) is 2.46. The van der Waals surface area contributed by atoms with Crippen LogP contribution in [0.4, 0.5) is 11.4 Å². The maximum absolute atomic E-state index is 11.0. The lowest BCUT2D eigenvalue weighted by molar-refractivity contribution is -0.384. The fraction of sp³-hybridized carbons (Fsp3) is 0.133. The van der Waals surface area contributed by atoms with Gasteiger partial charge in [0.2, 0.25) is 0 Å². The van der Waals surface area contributed by atoms with Crippen LogP contribution in [0.3, 0.4) is 0 Å². The van der Waals surface area contributed by atoms with Crippen LogP contribution in [0.25, 0.3) is 0 Å². The molecule has 0 fully saturated rings. The van der Waals surface area contributed by atoms with Gasteiger partial charge < -0.3 is 10.7 Å². The first-order valence-corrected chi connectivity index (χ1v) is 6.34. The molecule has 0 bridgehead atoms. The summed E-state index contributed by atoms with van der Waals surface area (Å²) in [5, 5.41) is 17.0. The first kappa shape index (κ1) is 14.5. The van der Waals surface area contributed by atoms with E-state index in [-0.39, 0.29) is 5.69 Å². The number of non-ortho nitro benzene ring substituents is 1. The van der Waals surface area contributed by atoms with Gasteiger partial charge in [-0.2, -0.15) is 5.10 Å². The van der Waals surface area contributed by atoms with Crippen molar-refractivity contribution in [3.8, 4) is 0 Å².